The van der Waals surface area contributed by atoms with Crippen molar-refractivity contribution in [2.45, 2.75) is 6.92 Å². The summed E-state index contributed by atoms with van der Waals surface area (Å²) in [6.07, 6.45) is 1.61. The standard InChI is InChI=1S/C11H12ClNO2/c1-8(11(14)15)5-6-13-10-4-2-3-9(12)7-10/h2-5,7,13H,6H2,1H3,(H,14,15)/b8-5-. The fourth-order valence-corrected chi connectivity index (χ4v) is 1.20. The van der Waals surface area contributed by atoms with Gasteiger partial charge in [-0.3, -0.25) is 0 Å². The van der Waals surface area contributed by atoms with Crippen LogP contribution in [0.15, 0.2) is 35.9 Å². The second-order valence-corrected chi connectivity index (χ2v) is 3.52. The first-order chi connectivity index (χ1) is 7.09. The third kappa shape index (κ3) is 4.04. The molecule has 0 unspecified atom stereocenters. The predicted octanol–water partition coefficient (Wildman–Crippen LogP) is 2.78. The molecule has 0 aliphatic rings. The van der Waals surface area contributed by atoms with Gasteiger partial charge < -0.3 is 10.4 Å². The number of hydrogen-bond donors (Lipinski definition) is 2. The fraction of sp³-hybridized carbons (Fsp3) is 0.182. The van der Waals surface area contributed by atoms with Gasteiger partial charge in [0, 0.05) is 22.8 Å². The normalized spacial score (nSPS) is 11.2. The Balaban J connectivity index is 2.51. The number of carbonyl (C=O) groups is 1. The molecule has 0 fully saturated rings. The number of aliphatic carboxylic acids is 1. The van der Waals surface area contributed by atoms with Gasteiger partial charge in [-0.15, -0.1) is 0 Å². The lowest BCUT2D eigenvalue weighted by molar-refractivity contribution is -0.132. The zero-order valence-corrected chi connectivity index (χ0v) is 9.08. The lowest BCUT2D eigenvalue weighted by Crippen LogP contribution is -2.02. The second-order valence-electron chi connectivity index (χ2n) is 3.08. The van der Waals surface area contributed by atoms with E-state index in [-0.39, 0.29) is 0 Å². The van der Waals surface area contributed by atoms with E-state index in [1.54, 1.807) is 25.1 Å². The third-order valence-electron chi connectivity index (χ3n) is 1.88. The highest BCUT2D eigenvalue weighted by molar-refractivity contribution is 6.30. The monoisotopic (exact) mass is 225 g/mol. The molecular weight excluding hydrogens is 214 g/mol. The van der Waals surface area contributed by atoms with Crippen molar-refractivity contribution in [1.29, 1.82) is 0 Å². The topological polar surface area (TPSA) is 49.3 Å². The molecule has 0 atom stereocenters. The molecule has 0 saturated carbocycles. The molecule has 15 heavy (non-hydrogen) atoms. The third-order valence-corrected chi connectivity index (χ3v) is 2.11. The predicted molar refractivity (Wildman–Crippen MR) is 61.3 cm³/mol. The molecule has 1 aromatic carbocycles. The first-order valence-corrected chi connectivity index (χ1v) is 4.87. The first-order valence-electron chi connectivity index (χ1n) is 4.49. The molecule has 0 heterocycles. The van der Waals surface area contributed by atoms with Crippen molar-refractivity contribution in [1.82, 2.24) is 0 Å². The Kier molecular flexibility index (Phi) is 4.18. The molecule has 2 N–H and O–H groups in total. The van der Waals surface area contributed by atoms with Crippen LogP contribution >= 0.6 is 11.6 Å². The van der Waals surface area contributed by atoms with Crippen LogP contribution in [0.5, 0.6) is 0 Å². The molecule has 0 aliphatic carbocycles. The molecule has 0 bridgehead atoms. The second kappa shape index (κ2) is 5.41. The number of carboxylic acid groups (broad SMARTS) is 1. The molecule has 0 saturated heterocycles. The zero-order chi connectivity index (χ0) is 11.3. The summed E-state index contributed by atoms with van der Waals surface area (Å²) in [7, 11) is 0. The summed E-state index contributed by atoms with van der Waals surface area (Å²) < 4.78 is 0. The molecule has 80 valence electrons. The summed E-state index contributed by atoms with van der Waals surface area (Å²) in [4.78, 5) is 10.5. The maximum Gasteiger partial charge on any atom is 0.331 e. The Hall–Kier alpha value is -1.48. The van der Waals surface area contributed by atoms with E-state index in [9.17, 15) is 4.79 Å². The number of carboxylic acids is 1. The lowest BCUT2D eigenvalue weighted by atomic mass is 10.3. The number of benzene rings is 1. The fourth-order valence-electron chi connectivity index (χ4n) is 1.01. The van der Waals surface area contributed by atoms with Crippen LogP contribution in [0.1, 0.15) is 6.92 Å². The van der Waals surface area contributed by atoms with Crippen LogP contribution in [0.4, 0.5) is 5.69 Å². The van der Waals surface area contributed by atoms with Gasteiger partial charge in [0.15, 0.2) is 0 Å². The molecule has 0 amide bonds. The number of rotatable bonds is 4. The first kappa shape index (κ1) is 11.6. The van der Waals surface area contributed by atoms with Crippen molar-refractivity contribution in [3.05, 3.63) is 40.9 Å². The number of halogens is 1. The Bertz CT molecular complexity index is 388. The van der Waals surface area contributed by atoms with Gasteiger partial charge in [-0.25, -0.2) is 4.79 Å². The van der Waals surface area contributed by atoms with E-state index in [2.05, 4.69) is 5.32 Å². The maximum atomic E-state index is 10.5. The Morgan fingerprint density at radius 3 is 2.93 bits per heavy atom. The van der Waals surface area contributed by atoms with Crippen LogP contribution in [0, 0.1) is 0 Å². The number of nitrogens with one attached hydrogen (secondary N) is 1. The Labute approximate surface area is 93.4 Å². The Morgan fingerprint density at radius 1 is 1.60 bits per heavy atom. The quantitative estimate of drug-likeness (QED) is 0.775. The summed E-state index contributed by atoms with van der Waals surface area (Å²) in [6.45, 7) is 2.03. The smallest absolute Gasteiger partial charge is 0.331 e. The average Bonchev–Trinajstić information content (AvgIpc) is 2.17. The van der Waals surface area contributed by atoms with Crippen molar-refractivity contribution in [3.63, 3.8) is 0 Å². The van der Waals surface area contributed by atoms with Crippen LogP contribution in [0.25, 0.3) is 0 Å². The molecule has 0 aliphatic heterocycles. The van der Waals surface area contributed by atoms with Gasteiger partial charge in [0.05, 0.1) is 0 Å². The molecule has 0 aromatic heterocycles. The van der Waals surface area contributed by atoms with E-state index in [0.717, 1.165) is 5.69 Å². The van der Waals surface area contributed by atoms with Crippen LogP contribution in [0.2, 0.25) is 5.02 Å². The SMILES string of the molecule is C/C(=C/CNc1cccc(Cl)c1)C(=O)O. The van der Waals surface area contributed by atoms with E-state index in [1.807, 2.05) is 12.1 Å². The van der Waals surface area contributed by atoms with Crippen LogP contribution in [0.3, 0.4) is 0 Å². The molecule has 1 rings (SSSR count). The minimum Gasteiger partial charge on any atom is -0.478 e. The highest BCUT2D eigenvalue weighted by atomic mass is 35.5. The van der Waals surface area contributed by atoms with Crippen molar-refractivity contribution < 1.29 is 9.90 Å². The minimum atomic E-state index is -0.900. The molecule has 0 radical (unpaired) electrons. The number of anilines is 1. The van der Waals surface area contributed by atoms with E-state index < -0.39 is 5.97 Å². The van der Waals surface area contributed by atoms with E-state index in [1.165, 1.54) is 0 Å². The van der Waals surface area contributed by atoms with E-state index in [4.69, 9.17) is 16.7 Å². The van der Waals surface area contributed by atoms with Gasteiger partial charge in [0.25, 0.3) is 0 Å². The molecule has 1 aromatic rings. The summed E-state index contributed by atoms with van der Waals surface area (Å²) in [5.41, 5.74) is 1.20. The summed E-state index contributed by atoms with van der Waals surface area (Å²) in [5, 5.41) is 12.3. The number of hydrogen-bond acceptors (Lipinski definition) is 2. The zero-order valence-electron chi connectivity index (χ0n) is 8.33. The summed E-state index contributed by atoms with van der Waals surface area (Å²) in [6, 6.07) is 7.27. The van der Waals surface area contributed by atoms with Crippen LogP contribution < -0.4 is 5.32 Å². The van der Waals surface area contributed by atoms with Gasteiger partial charge in [-0.05, 0) is 25.1 Å². The van der Waals surface area contributed by atoms with Crippen molar-refractivity contribution in [2.75, 3.05) is 11.9 Å². The van der Waals surface area contributed by atoms with Gasteiger partial charge in [-0.1, -0.05) is 23.7 Å². The van der Waals surface area contributed by atoms with Gasteiger partial charge in [0.2, 0.25) is 0 Å². The van der Waals surface area contributed by atoms with Crippen molar-refractivity contribution in [3.8, 4) is 0 Å². The summed E-state index contributed by atoms with van der Waals surface area (Å²) in [5.74, 6) is -0.900. The average molecular weight is 226 g/mol. The highest BCUT2D eigenvalue weighted by Crippen LogP contribution is 2.14. The van der Waals surface area contributed by atoms with Gasteiger partial charge >= 0.3 is 5.97 Å². The molecular formula is C11H12ClNO2. The van der Waals surface area contributed by atoms with Gasteiger partial charge in [-0.2, -0.15) is 0 Å². The minimum absolute atomic E-state index is 0.324. The Morgan fingerprint density at radius 2 is 2.33 bits per heavy atom. The molecule has 3 nitrogen and oxygen atoms in total. The lowest BCUT2D eigenvalue weighted by Gasteiger charge is -2.03. The van der Waals surface area contributed by atoms with Crippen LogP contribution in [-0.2, 0) is 4.79 Å². The van der Waals surface area contributed by atoms with Crippen molar-refractivity contribution in [2.24, 2.45) is 0 Å². The molecule has 4 heteroatoms. The summed E-state index contributed by atoms with van der Waals surface area (Å²) >= 11 is 5.79. The van der Waals surface area contributed by atoms with E-state index >= 15 is 0 Å². The maximum absolute atomic E-state index is 10.5. The van der Waals surface area contributed by atoms with E-state index in [0.29, 0.717) is 17.1 Å². The van der Waals surface area contributed by atoms with Gasteiger partial charge in [0.1, 0.15) is 0 Å². The van der Waals surface area contributed by atoms with Crippen molar-refractivity contribution >= 4 is 23.3 Å². The molecule has 0 spiro atoms. The largest absolute Gasteiger partial charge is 0.478 e. The highest BCUT2D eigenvalue weighted by Gasteiger charge is 1.97. The van der Waals surface area contributed by atoms with Crippen LogP contribution in [-0.4, -0.2) is 17.6 Å².